The molecular weight excluding hydrogens is 346 g/mol. The van der Waals surface area contributed by atoms with E-state index in [-0.39, 0.29) is 24.3 Å². The molecule has 1 unspecified atom stereocenters. The lowest BCUT2D eigenvalue weighted by Crippen LogP contribution is -2.39. The summed E-state index contributed by atoms with van der Waals surface area (Å²) in [7, 11) is 0. The molecule has 0 bridgehead atoms. The lowest BCUT2D eigenvalue weighted by Gasteiger charge is -2.19. The number of benzene rings is 1. The van der Waals surface area contributed by atoms with Crippen LogP contribution < -0.4 is 5.32 Å². The Bertz CT molecular complexity index is 916. The van der Waals surface area contributed by atoms with Crippen LogP contribution in [0.1, 0.15) is 29.2 Å². The summed E-state index contributed by atoms with van der Waals surface area (Å²) in [5.41, 5.74) is 2.28. The van der Waals surface area contributed by atoms with E-state index in [1.165, 1.54) is 15.8 Å². The first-order chi connectivity index (χ1) is 12.7. The molecule has 26 heavy (non-hydrogen) atoms. The lowest BCUT2D eigenvalue weighted by atomic mass is 9.96. The molecule has 1 aliphatic rings. The highest BCUT2D eigenvalue weighted by Gasteiger charge is 2.24. The van der Waals surface area contributed by atoms with Crippen LogP contribution in [0.2, 0.25) is 0 Å². The second kappa shape index (κ2) is 7.33. The molecule has 0 radical (unpaired) electrons. The van der Waals surface area contributed by atoms with Crippen LogP contribution in [0, 0.1) is 0 Å². The number of nitrogens with zero attached hydrogens (tertiary/aromatic N) is 1. The smallest absolute Gasteiger partial charge is 0.239 e. The zero-order valence-electron chi connectivity index (χ0n) is 14.4. The third-order valence-electron chi connectivity index (χ3n) is 4.89. The zero-order valence-corrected chi connectivity index (χ0v) is 15.2. The van der Waals surface area contributed by atoms with Crippen LogP contribution >= 0.6 is 11.3 Å². The minimum Gasteiger partial charge on any atom is -0.361 e. The second-order valence-electron chi connectivity index (χ2n) is 6.58. The molecule has 6 heteroatoms. The fourth-order valence-electron chi connectivity index (χ4n) is 3.55. The van der Waals surface area contributed by atoms with E-state index >= 15 is 0 Å². The van der Waals surface area contributed by atoms with Crippen molar-refractivity contribution in [1.29, 1.82) is 0 Å². The molecule has 0 spiro atoms. The summed E-state index contributed by atoms with van der Waals surface area (Å²) in [6.07, 6.45) is 3.44. The maximum Gasteiger partial charge on any atom is 0.239 e. The van der Waals surface area contributed by atoms with Gasteiger partial charge >= 0.3 is 0 Å². The average molecular weight is 367 g/mol. The van der Waals surface area contributed by atoms with Gasteiger partial charge in [-0.1, -0.05) is 24.3 Å². The van der Waals surface area contributed by atoms with Gasteiger partial charge < -0.3 is 15.2 Å². The second-order valence-corrected chi connectivity index (χ2v) is 7.56. The SMILES string of the molecule is O=C(CN1CCCC1=O)NCC(c1cccs1)c1c[nH]c2ccccc12. The van der Waals surface area contributed by atoms with E-state index in [2.05, 4.69) is 33.9 Å². The highest BCUT2D eigenvalue weighted by molar-refractivity contribution is 7.10. The van der Waals surface area contributed by atoms with Gasteiger partial charge in [0.1, 0.15) is 0 Å². The van der Waals surface area contributed by atoms with Crippen molar-refractivity contribution in [2.45, 2.75) is 18.8 Å². The van der Waals surface area contributed by atoms with Crippen molar-refractivity contribution in [3.05, 3.63) is 58.4 Å². The van der Waals surface area contributed by atoms with Crippen molar-refractivity contribution < 1.29 is 9.59 Å². The number of hydrogen-bond acceptors (Lipinski definition) is 3. The van der Waals surface area contributed by atoms with Crippen LogP contribution in [0.15, 0.2) is 48.0 Å². The summed E-state index contributed by atoms with van der Waals surface area (Å²) in [5, 5.41) is 6.26. The number of amides is 2. The van der Waals surface area contributed by atoms with Gasteiger partial charge in [0.2, 0.25) is 11.8 Å². The van der Waals surface area contributed by atoms with E-state index in [1.807, 2.05) is 24.4 Å². The first-order valence-corrected chi connectivity index (χ1v) is 9.74. The van der Waals surface area contributed by atoms with Gasteiger partial charge in [0.05, 0.1) is 6.54 Å². The molecule has 2 N–H and O–H groups in total. The van der Waals surface area contributed by atoms with Crippen LogP contribution in [0.3, 0.4) is 0 Å². The summed E-state index contributed by atoms with van der Waals surface area (Å²) in [6, 6.07) is 12.3. The number of aromatic nitrogens is 1. The van der Waals surface area contributed by atoms with Gasteiger partial charge in [0.25, 0.3) is 0 Å². The summed E-state index contributed by atoms with van der Waals surface area (Å²) in [6.45, 7) is 1.36. The number of carbonyl (C=O) groups is 2. The fraction of sp³-hybridized carbons (Fsp3) is 0.300. The molecule has 1 fully saturated rings. The normalized spacial score (nSPS) is 15.5. The number of likely N-dealkylation sites (tertiary alicyclic amines) is 1. The lowest BCUT2D eigenvalue weighted by molar-refractivity contribution is -0.133. The Balaban J connectivity index is 1.51. The van der Waals surface area contributed by atoms with Crippen molar-refractivity contribution in [2.75, 3.05) is 19.6 Å². The van der Waals surface area contributed by atoms with E-state index in [1.54, 1.807) is 16.2 Å². The number of aromatic amines is 1. The zero-order chi connectivity index (χ0) is 17.9. The predicted octanol–water partition coefficient (Wildman–Crippen LogP) is 3.10. The molecule has 1 saturated heterocycles. The number of para-hydroxylation sites is 1. The topological polar surface area (TPSA) is 65.2 Å². The number of hydrogen-bond donors (Lipinski definition) is 2. The standard InChI is InChI=1S/C20H21N3O2S/c24-19(13-23-9-3-8-20(23)25)22-12-16(18-7-4-10-26-18)15-11-21-17-6-2-1-5-14(15)17/h1-2,4-7,10-11,16,21H,3,8-9,12-13H2,(H,22,24). The molecule has 4 rings (SSSR count). The van der Waals surface area contributed by atoms with Gasteiger partial charge in [-0.25, -0.2) is 0 Å². The molecule has 2 aromatic heterocycles. The molecule has 3 heterocycles. The third-order valence-corrected chi connectivity index (χ3v) is 5.88. The van der Waals surface area contributed by atoms with Crippen molar-refractivity contribution >= 4 is 34.1 Å². The Labute approximate surface area is 156 Å². The number of thiophene rings is 1. The third kappa shape index (κ3) is 3.37. The van der Waals surface area contributed by atoms with Crippen LogP contribution in [-0.4, -0.2) is 41.3 Å². The molecule has 1 atom stereocenters. The van der Waals surface area contributed by atoms with Gasteiger partial charge in [0.15, 0.2) is 0 Å². The van der Waals surface area contributed by atoms with E-state index in [4.69, 9.17) is 0 Å². The Morgan fingerprint density at radius 3 is 2.92 bits per heavy atom. The van der Waals surface area contributed by atoms with E-state index in [0.29, 0.717) is 19.5 Å². The Morgan fingerprint density at radius 2 is 2.15 bits per heavy atom. The Kier molecular flexibility index (Phi) is 4.75. The van der Waals surface area contributed by atoms with E-state index < -0.39 is 0 Å². The summed E-state index contributed by atoms with van der Waals surface area (Å²) >= 11 is 1.69. The highest BCUT2D eigenvalue weighted by Crippen LogP contribution is 2.32. The van der Waals surface area contributed by atoms with E-state index in [0.717, 1.165) is 11.9 Å². The fourth-order valence-corrected chi connectivity index (χ4v) is 4.40. The molecule has 3 aromatic rings. The minimum atomic E-state index is -0.0957. The Morgan fingerprint density at radius 1 is 1.27 bits per heavy atom. The van der Waals surface area contributed by atoms with Gasteiger partial charge in [-0.15, -0.1) is 11.3 Å². The van der Waals surface area contributed by atoms with Crippen LogP contribution in [0.4, 0.5) is 0 Å². The molecular formula is C20H21N3O2S. The Hall–Kier alpha value is -2.60. The number of H-pyrrole nitrogens is 1. The maximum absolute atomic E-state index is 12.3. The number of nitrogens with one attached hydrogen (secondary N) is 2. The van der Waals surface area contributed by atoms with Crippen molar-refractivity contribution in [3.63, 3.8) is 0 Å². The number of fused-ring (bicyclic) bond motifs is 1. The van der Waals surface area contributed by atoms with Gasteiger partial charge in [0, 0.05) is 47.4 Å². The van der Waals surface area contributed by atoms with Gasteiger partial charge in [-0.05, 0) is 29.5 Å². The number of rotatable bonds is 6. The molecule has 1 aliphatic heterocycles. The van der Waals surface area contributed by atoms with Gasteiger partial charge in [-0.2, -0.15) is 0 Å². The van der Waals surface area contributed by atoms with Crippen LogP contribution in [0.5, 0.6) is 0 Å². The van der Waals surface area contributed by atoms with Crippen LogP contribution in [-0.2, 0) is 9.59 Å². The summed E-state index contributed by atoms with van der Waals surface area (Å²) < 4.78 is 0. The molecule has 2 amide bonds. The number of carbonyl (C=O) groups excluding carboxylic acids is 2. The molecule has 1 aromatic carbocycles. The summed E-state index contributed by atoms with van der Waals surface area (Å²) in [4.78, 5) is 30.2. The summed E-state index contributed by atoms with van der Waals surface area (Å²) in [5.74, 6) is 0.0672. The molecule has 5 nitrogen and oxygen atoms in total. The largest absolute Gasteiger partial charge is 0.361 e. The quantitative estimate of drug-likeness (QED) is 0.703. The average Bonchev–Trinajstić information content (AvgIpc) is 3.38. The monoisotopic (exact) mass is 367 g/mol. The van der Waals surface area contributed by atoms with Crippen molar-refractivity contribution in [1.82, 2.24) is 15.2 Å². The van der Waals surface area contributed by atoms with Gasteiger partial charge in [-0.3, -0.25) is 9.59 Å². The van der Waals surface area contributed by atoms with Crippen LogP contribution in [0.25, 0.3) is 10.9 Å². The first kappa shape index (κ1) is 16.8. The predicted molar refractivity (Wildman–Crippen MR) is 103 cm³/mol. The molecule has 0 saturated carbocycles. The van der Waals surface area contributed by atoms with Crippen molar-refractivity contribution in [3.8, 4) is 0 Å². The molecule has 0 aliphatic carbocycles. The maximum atomic E-state index is 12.3. The minimum absolute atomic E-state index is 0.0755. The highest BCUT2D eigenvalue weighted by atomic mass is 32.1. The van der Waals surface area contributed by atoms with E-state index in [9.17, 15) is 9.59 Å². The van der Waals surface area contributed by atoms with Crippen molar-refractivity contribution in [2.24, 2.45) is 0 Å². The molecule has 134 valence electrons. The first-order valence-electron chi connectivity index (χ1n) is 8.86.